The van der Waals surface area contributed by atoms with Gasteiger partial charge in [0.1, 0.15) is 5.69 Å². The van der Waals surface area contributed by atoms with Crippen LogP contribution in [0.1, 0.15) is 62.7 Å². The molecule has 3 rings (SSSR count). The molecule has 0 bridgehead atoms. The molecule has 1 saturated heterocycles. The number of nitrogens with zero attached hydrogens (tertiary/aromatic N) is 1. The molecule has 3 N–H and O–H groups in total. The fourth-order valence-electron chi connectivity index (χ4n) is 3.29. The van der Waals surface area contributed by atoms with Crippen LogP contribution in [0.15, 0.2) is 6.20 Å². The number of piperidine rings is 1. The average Bonchev–Trinajstić information content (AvgIpc) is 3.20. The van der Waals surface area contributed by atoms with E-state index in [0.29, 0.717) is 40.2 Å². The molecule has 3 heterocycles. The maximum atomic E-state index is 12.6. The van der Waals surface area contributed by atoms with Crippen LogP contribution in [-0.2, 0) is 4.74 Å². The summed E-state index contributed by atoms with van der Waals surface area (Å²) in [6, 6.07) is 0. The largest absolute Gasteiger partial charge is 0.462 e. The van der Waals surface area contributed by atoms with Gasteiger partial charge in [0.15, 0.2) is 5.13 Å². The van der Waals surface area contributed by atoms with E-state index in [1.54, 1.807) is 20.8 Å². The van der Waals surface area contributed by atoms with Crippen LogP contribution in [0.2, 0.25) is 0 Å². The second-order valence-corrected chi connectivity index (χ2v) is 7.45. The second kappa shape index (κ2) is 8.01. The number of rotatable bonds is 5. The second-order valence-electron chi connectivity index (χ2n) is 6.39. The Morgan fingerprint density at radius 2 is 2.08 bits per heavy atom. The normalized spacial score (nSPS) is 15.0. The lowest BCUT2D eigenvalue weighted by molar-refractivity contribution is 0.0525. The van der Waals surface area contributed by atoms with Crippen LogP contribution in [0.3, 0.4) is 0 Å². The number of aryl methyl sites for hydroxylation is 1. The highest BCUT2D eigenvalue weighted by atomic mass is 32.1. The van der Waals surface area contributed by atoms with Gasteiger partial charge < -0.3 is 15.0 Å². The number of aromatic nitrogens is 2. The van der Waals surface area contributed by atoms with Gasteiger partial charge in [0.05, 0.1) is 12.2 Å². The van der Waals surface area contributed by atoms with Crippen molar-refractivity contribution in [3.63, 3.8) is 0 Å². The molecule has 0 radical (unpaired) electrons. The molecule has 1 aliphatic heterocycles. The Balaban J connectivity index is 1.73. The minimum Gasteiger partial charge on any atom is -0.462 e. The van der Waals surface area contributed by atoms with Crippen LogP contribution in [0.4, 0.5) is 5.13 Å². The Kier molecular flexibility index (Phi) is 5.73. The first-order valence-corrected chi connectivity index (χ1v) is 9.67. The maximum absolute atomic E-state index is 12.6. The van der Waals surface area contributed by atoms with Gasteiger partial charge in [-0.25, -0.2) is 9.78 Å². The van der Waals surface area contributed by atoms with Gasteiger partial charge in [-0.15, -0.1) is 11.3 Å². The van der Waals surface area contributed by atoms with Gasteiger partial charge in [-0.05, 0) is 58.2 Å². The smallest absolute Gasteiger partial charge is 0.340 e. The summed E-state index contributed by atoms with van der Waals surface area (Å²) in [5, 5.41) is 6.77. The summed E-state index contributed by atoms with van der Waals surface area (Å²) in [5.41, 5.74) is 2.00. The van der Waals surface area contributed by atoms with E-state index in [2.05, 4.69) is 20.6 Å². The Hall–Kier alpha value is -2.19. The summed E-state index contributed by atoms with van der Waals surface area (Å²) >= 11 is 1.52. The number of nitrogens with one attached hydrogen (secondary N) is 3. The number of carbonyl (C=O) groups is 2. The van der Waals surface area contributed by atoms with E-state index >= 15 is 0 Å². The van der Waals surface area contributed by atoms with Crippen molar-refractivity contribution in [1.29, 1.82) is 0 Å². The first-order valence-electron chi connectivity index (χ1n) is 8.85. The van der Waals surface area contributed by atoms with Gasteiger partial charge >= 0.3 is 5.97 Å². The van der Waals surface area contributed by atoms with Gasteiger partial charge in [-0.3, -0.25) is 10.1 Å². The van der Waals surface area contributed by atoms with E-state index in [1.165, 1.54) is 16.2 Å². The van der Waals surface area contributed by atoms with Crippen LogP contribution in [0, 0.1) is 13.8 Å². The average molecular weight is 376 g/mol. The van der Waals surface area contributed by atoms with Crippen molar-refractivity contribution >= 4 is 28.3 Å². The number of ether oxygens (including phenoxy) is 1. The third kappa shape index (κ3) is 3.81. The molecule has 0 unspecified atom stereocenters. The molecule has 0 aliphatic carbocycles. The topological polar surface area (TPSA) is 96.1 Å². The van der Waals surface area contributed by atoms with E-state index in [-0.39, 0.29) is 5.91 Å². The maximum Gasteiger partial charge on any atom is 0.340 e. The minimum atomic E-state index is -0.416. The van der Waals surface area contributed by atoms with Crippen LogP contribution < -0.4 is 10.6 Å². The number of carbonyl (C=O) groups excluding carboxylic acids is 2. The molecule has 140 valence electrons. The van der Waals surface area contributed by atoms with Gasteiger partial charge in [0.2, 0.25) is 0 Å². The molecule has 0 atom stereocenters. The summed E-state index contributed by atoms with van der Waals surface area (Å²) in [6.45, 7) is 7.58. The van der Waals surface area contributed by atoms with E-state index in [0.717, 1.165) is 25.9 Å². The highest BCUT2D eigenvalue weighted by molar-refractivity contribution is 7.15. The number of thiazole rings is 1. The van der Waals surface area contributed by atoms with Gasteiger partial charge in [-0.1, -0.05) is 0 Å². The predicted molar refractivity (Wildman–Crippen MR) is 101 cm³/mol. The molecule has 7 nitrogen and oxygen atoms in total. The zero-order valence-electron chi connectivity index (χ0n) is 15.3. The zero-order valence-corrected chi connectivity index (χ0v) is 16.1. The fourth-order valence-corrected chi connectivity index (χ4v) is 4.27. The molecule has 2 aromatic heterocycles. The fraction of sp³-hybridized carbons (Fsp3) is 0.500. The summed E-state index contributed by atoms with van der Waals surface area (Å²) < 4.78 is 5.07. The monoisotopic (exact) mass is 376 g/mol. The number of anilines is 1. The molecular formula is C18H24N4O3S. The number of H-pyrrole nitrogens is 1. The van der Waals surface area contributed by atoms with Crippen molar-refractivity contribution < 1.29 is 14.3 Å². The highest BCUT2D eigenvalue weighted by Crippen LogP contribution is 2.32. The van der Waals surface area contributed by atoms with Crippen molar-refractivity contribution in [3.05, 3.63) is 33.6 Å². The van der Waals surface area contributed by atoms with Crippen molar-refractivity contribution in [2.45, 2.75) is 39.5 Å². The molecule has 0 saturated carbocycles. The molecule has 8 heteroatoms. The SMILES string of the molecule is CCOC(=O)c1c(C)[nH]c(C(=O)Nc2ncc(C3CCNCC3)s2)c1C. The molecular weight excluding hydrogens is 352 g/mol. The van der Waals surface area contributed by atoms with Gasteiger partial charge in [-0.2, -0.15) is 0 Å². The lowest BCUT2D eigenvalue weighted by Crippen LogP contribution is -2.26. The summed E-state index contributed by atoms with van der Waals surface area (Å²) in [7, 11) is 0. The van der Waals surface area contributed by atoms with Crippen LogP contribution in [0.5, 0.6) is 0 Å². The predicted octanol–water partition coefficient (Wildman–Crippen LogP) is 2.98. The summed E-state index contributed by atoms with van der Waals surface area (Å²) in [5.74, 6) is -0.211. The molecule has 2 aromatic rings. The number of esters is 1. The number of amides is 1. The third-order valence-electron chi connectivity index (χ3n) is 4.63. The van der Waals surface area contributed by atoms with Crippen molar-refractivity contribution in [3.8, 4) is 0 Å². The molecule has 1 aliphatic rings. The van der Waals surface area contributed by atoms with Crippen LogP contribution in [-0.4, -0.2) is 41.5 Å². The Morgan fingerprint density at radius 3 is 2.77 bits per heavy atom. The van der Waals surface area contributed by atoms with Gasteiger partial charge in [0, 0.05) is 16.8 Å². The van der Waals surface area contributed by atoms with Crippen LogP contribution in [0.25, 0.3) is 0 Å². The van der Waals surface area contributed by atoms with Crippen LogP contribution >= 0.6 is 11.3 Å². The zero-order chi connectivity index (χ0) is 18.7. The van der Waals surface area contributed by atoms with E-state index in [4.69, 9.17) is 4.74 Å². The van der Waals surface area contributed by atoms with Crippen molar-refractivity contribution in [1.82, 2.24) is 15.3 Å². The van der Waals surface area contributed by atoms with Crippen molar-refractivity contribution in [2.75, 3.05) is 25.0 Å². The number of hydrogen-bond donors (Lipinski definition) is 3. The van der Waals surface area contributed by atoms with E-state index in [9.17, 15) is 9.59 Å². The Labute approximate surface area is 156 Å². The quantitative estimate of drug-likeness (QED) is 0.697. The molecule has 0 aromatic carbocycles. The molecule has 26 heavy (non-hydrogen) atoms. The third-order valence-corrected chi connectivity index (χ3v) is 5.70. The van der Waals surface area contributed by atoms with E-state index in [1.807, 2.05) is 6.20 Å². The Bertz CT molecular complexity index is 805. The Morgan fingerprint density at radius 1 is 1.35 bits per heavy atom. The summed E-state index contributed by atoms with van der Waals surface area (Å²) in [6.07, 6.45) is 4.04. The number of aromatic amines is 1. The standard InChI is InChI=1S/C18H24N4O3S/c1-4-25-17(24)14-10(2)15(21-11(14)3)16(23)22-18-20-9-13(26-18)12-5-7-19-8-6-12/h9,12,19,21H,4-8H2,1-3H3,(H,20,22,23). The highest BCUT2D eigenvalue weighted by Gasteiger charge is 2.24. The van der Waals surface area contributed by atoms with Gasteiger partial charge in [0.25, 0.3) is 5.91 Å². The summed E-state index contributed by atoms with van der Waals surface area (Å²) in [4.78, 5) is 33.2. The molecule has 1 fully saturated rings. The first-order chi connectivity index (χ1) is 12.5. The molecule has 1 amide bonds. The van der Waals surface area contributed by atoms with E-state index < -0.39 is 5.97 Å². The molecule has 0 spiro atoms. The minimum absolute atomic E-state index is 0.295. The first kappa shape index (κ1) is 18.6. The number of hydrogen-bond acceptors (Lipinski definition) is 6. The lowest BCUT2D eigenvalue weighted by atomic mass is 9.97. The lowest BCUT2D eigenvalue weighted by Gasteiger charge is -2.20. The van der Waals surface area contributed by atoms with Crippen molar-refractivity contribution in [2.24, 2.45) is 0 Å².